The number of likely N-dealkylation sites (tertiary alicyclic amines) is 1. The Kier molecular flexibility index (Phi) is 7.70. The lowest BCUT2D eigenvalue weighted by atomic mass is 10.0. The molecule has 2 atom stereocenters. The average molecular weight is 400 g/mol. The lowest BCUT2D eigenvalue weighted by Crippen LogP contribution is -2.54. The summed E-state index contributed by atoms with van der Waals surface area (Å²) in [6, 6.07) is 2.85. The number of carbonyl (C=O) groups excluding carboxylic acids is 1. The zero-order valence-corrected chi connectivity index (χ0v) is 16.3. The van der Waals surface area contributed by atoms with Gasteiger partial charge in [-0.3, -0.25) is 9.59 Å². The number of nitrogens with zero attached hydrogens (tertiary/aromatic N) is 1. The van der Waals surface area contributed by atoms with E-state index in [0.29, 0.717) is 42.9 Å². The topological polar surface area (TPSA) is 114 Å². The van der Waals surface area contributed by atoms with Gasteiger partial charge < -0.3 is 30.5 Å². The summed E-state index contributed by atoms with van der Waals surface area (Å²) in [5.41, 5.74) is 6.42. The number of piperidine rings is 1. The number of methoxy groups -OCH3 is 2. The van der Waals surface area contributed by atoms with Gasteiger partial charge in [0, 0.05) is 32.7 Å². The van der Waals surface area contributed by atoms with Crippen LogP contribution in [0.5, 0.6) is 5.75 Å². The van der Waals surface area contributed by atoms with Crippen molar-refractivity contribution in [2.45, 2.75) is 31.4 Å². The standard InChI is InChI=1S/C18H26ClN3O5/c1-26-15-9-13(20)12(19)8-11(15)18(25)21-14-5-7-22(10-16(14)27-2)6-3-4-17(23)24/h8-9,14,16H,3-7,10,20H2,1-2H3,(H,21,25)(H,23,24)/t14-,16-/m1/s1. The number of benzene rings is 1. The second kappa shape index (κ2) is 9.77. The Bertz CT molecular complexity index is 685. The van der Waals surface area contributed by atoms with Crippen molar-refractivity contribution in [2.75, 3.05) is 39.6 Å². The minimum atomic E-state index is -0.795. The highest BCUT2D eigenvalue weighted by Crippen LogP contribution is 2.29. The van der Waals surface area contributed by atoms with E-state index in [1.165, 1.54) is 19.2 Å². The number of rotatable bonds is 8. The number of anilines is 1. The molecule has 0 bridgehead atoms. The molecule has 1 heterocycles. The Morgan fingerprint density at radius 2 is 2.15 bits per heavy atom. The van der Waals surface area contributed by atoms with Gasteiger partial charge in [-0.1, -0.05) is 11.6 Å². The lowest BCUT2D eigenvalue weighted by Gasteiger charge is -2.38. The second-order valence-electron chi connectivity index (χ2n) is 6.51. The molecule has 2 rings (SSSR count). The molecule has 8 nitrogen and oxygen atoms in total. The number of halogens is 1. The van der Waals surface area contributed by atoms with Gasteiger partial charge in [0.05, 0.1) is 35.5 Å². The molecule has 0 spiro atoms. The summed E-state index contributed by atoms with van der Waals surface area (Å²) >= 11 is 6.04. The van der Waals surface area contributed by atoms with Crippen LogP contribution in [-0.4, -0.2) is 67.9 Å². The van der Waals surface area contributed by atoms with Gasteiger partial charge in [0.15, 0.2) is 0 Å². The van der Waals surface area contributed by atoms with Crippen molar-refractivity contribution in [3.8, 4) is 5.75 Å². The summed E-state index contributed by atoms with van der Waals surface area (Å²) in [6.45, 7) is 2.07. The average Bonchev–Trinajstić information content (AvgIpc) is 2.64. The summed E-state index contributed by atoms with van der Waals surface area (Å²) in [5.74, 6) is -0.744. The number of ether oxygens (including phenoxy) is 2. The van der Waals surface area contributed by atoms with Gasteiger partial charge in [0.1, 0.15) is 5.75 Å². The molecule has 150 valence electrons. The third kappa shape index (κ3) is 5.72. The Hall–Kier alpha value is -2.03. The van der Waals surface area contributed by atoms with E-state index in [1.54, 1.807) is 7.11 Å². The van der Waals surface area contributed by atoms with E-state index in [4.69, 9.17) is 31.9 Å². The van der Waals surface area contributed by atoms with Gasteiger partial charge in [-0.15, -0.1) is 0 Å². The third-order valence-corrected chi connectivity index (χ3v) is 5.02. The summed E-state index contributed by atoms with van der Waals surface area (Å²) in [4.78, 5) is 25.5. The van der Waals surface area contributed by atoms with Crippen LogP contribution in [0.25, 0.3) is 0 Å². The Morgan fingerprint density at radius 3 is 2.78 bits per heavy atom. The van der Waals surface area contributed by atoms with Crippen LogP contribution >= 0.6 is 11.6 Å². The molecule has 1 aromatic rings. The molecule has 1 aromatic carbocycles. The molecule has 1 fully saturated rings. The fraction of sp³-hybridized carbons (Fsp3) is 0.556. The van der Waals surface area contributed by atoms with Gasteiger partial charge in [0.2, 0.25) is 0 Å². The first-order chi connectivity index (χ1) is 12.8. The predicted molar refractivity (Wildman–Crippen MR) is 102 cm³/mol. The maximum Gasteiger partial charge on any atom is 0.303 e. The van der Waals surface area contributed by atoms with Crippen LogP contribution in [0.15, 0.2) is 12.1 Å². The van der Waals surface area contributed by atoms with Gasteiger partial charge >= 0.3 is 5.97 Å². The number of nitrogens with one attached hydrogen (secondary N) is 1. The van der Waals surface area contributed by atoms with E-state index in [1.807, 2.05) is 0 Å². The van der Waals surface area contributed by atoms with Crippen LogP contribution in [0.2, 0.25) is 5.02 Å². The number of carboxylic acids is 1. The van der Waals surface area contributed by atoms with Crippen molar-refractivity contribution in [2.24, 2.45) is 0 Å². The molecule has 9 heteroatoms. The predicted octanol–water partition coefficient (Wildman–Crippen LogP) is 1.61. The second-order valence-corrected chi connectivity index (χ2v) is 6.92. The van der Waals surface area contributed by atoms with Crippen LogP contribution in [-0.2, 0) is 9.53 Å². The quantitative estimate of drug-likeness (QED) is 0.569. The molecular weight excluding hydrogens is 374 g/mol. The normalized spacial score (nSPS) is 20.3. The number of aliphatic carboxylic acids is 1. The minimum Gasteiger partial charge on any atom is -0.496 e. The number of carboxylic acid groups (broad SMARTS) is 1. The van der Waals surface area contributed by atoms with Gasteiger partial charge in [0.25, 0.3) is 5.91 Å². The SMILES string of the molecule is COc1cc(N)c(Cl)cc1C(=O)N[C@@H]1CCN(CCCC(=O)O)C[C@H]1OC. The molecule has 1 aliphatic rings. The molecule has 0 aliphatic carbocycles. The zero-order valence-electron chi connectivity index (χ0n) is 15.5. The van der Waals surface area contributed by atoms with Crippen molar-refractivity contribution in [1.29, 1.82) is 0 Å². The monoisotopic (exact) mass is 399 g/mol. The maximum atomic E-state index is 12.7. The van der Waals surface area contributed by atoms with E-state index in [-0.39, 0.29) is 29.5 Å². The van der Waals surface area contributed by atoms with E-state index < -0.39 is 5.97 Å². The van der Waals surface area contributed by atoms with Crippen LogP contribution in [0.1, 0.15) is 29.6 Å². The molecule has 0 radical (unpaired) electrons. The molecule has 27 heavy (non-hydrogen) atoms. The molecule has 0 aromatic heterocycles. The molecule has 0 saturated carbocycles. The first-order valence-electron chi connectivity index (χ1n) is 8.76. The first-order valence-corrected chi connectivity index (χ1v) is 9.14. The summed E-state index contributed by atoms with van der Waals surface area (Å²) in [6.07, 6.45) is 1.24. The number of nitrogen functional groups attached to an aromatic ring is 1. The molecule has 4 N–H and O–H groups in total. The zero-order chi connectivity index (χ0) is 20.0. The van der Waals surface area contributed by atoms with E-state index in [0.717, 1.165) is 6.54 Å². The molecule has 1 saturated heterocycles. The molecule has 1 aliphatic heterocycles. The van der Waals surface area contributed by atoms with Crippen molar-refractivity contribution >= 4 is 29.2 Å². The van der Waals surface area contributed by atoms with Crippen molar-refractivity contribution in [3.05, 3.63) is 22.7 Å². The van der Waals surface area contributed by atoms with E-state index in [2.05, 4.69) is 10.2 Å². The van der Waals surface area contributed by atoms with Crippen LogP contribution in [0.3, 0.4) is 0 Å². The summed E-state index contributed by atoms with van der Waals surface area (Å²) in [5, 5.41) is 12.0. The molecular formula is C18H26ClN3O5. The van der Waals surface area contributed by atoms with Gasteiger partial charge in [-0.2, -0.15) is 0 Å². The summed E-state index contributed by atoms with van der Waals surface area (Å²) < 4.78 is 10.8. The molecule has 1 amide bonds. The van der Waals surface area contributed by atoms with E-state index >= 15 is 0 Å². The smallest absolute Gasteiger partial charge is 0.303 e. The van der Waals surface area contributed by atoms with Crippen molar-refractivity contribution in [3.63, 3.8) is 0 Å². The fourth-order valence-electron chi connectivity index (χ4n) is 3.20. The van der Waals surface area contributed by atoms with Crippen LogP contribution in [0.4, 0.5) is 5.69 Å². The van der Waals surface area contributed by atoms with E-state index in [9.17, 15) is 9.59 Å². The fourth-order valence-corrected chi connectivity index (χ4v) is 3.37. The maximum absolute atomic E-state index is 12.7. The van der Waals surface area contributed by atoms with Crippen molar-refractivity contribution in [1.82, 2.24) is 10.2 Å². The molecule has 0 unspecified atom stereocenters. The van der Waals surface area contributed by atoms with Gasteiger partial charge in [-0.25, -0.2) is 0 Å². The van der Waals surface area contributed by atoms with Crippen LogP contribution in [0, 0.1) is 0 Å². The Labute approximate surface area is 163 Å². The summed E-state index contributed by atoms with van der Waals surface area (Å²) in [7, 11) is 3.07. The first kappa shape index (κ1) is 21.3. The van der Waals surface area contributed by atoms with Crippen LogP contribution < -0.4 is 15.8 Å². The number of nitrogens with two attached hydrogens (primary N) is 1. The van der Waals surface area contributed by atoms with Crippen molar-refractivity contribution < 1.29 is 24.2 Å². The number of hydrogen-bond donors (Lipinski definition) is 3. The highest BCUT2D eigenvalue weighted by Gasteiger charge is 2.31. The highest BCUT2D eigenvalue weighted by molar-refractivity contribution is 6.33. The largest absolute Gasteiger partial charge is 0.496 e. The van der Waals surface area contributed by atoms with Gasteiger partial charge in [-0.05, 0) is 25.5 Å². The Balaban J connectivity index is 2.00. The number of hydrogen-bond acceptors (Lipinski definition) is 6. The lowest BCUT2D eigenvalue weighted by molar-refractivity contribution is -0.137. The number of amides is 1. The number of carbonyl (C=O) groups is 2. The minimum absolute atomic E-state index is 0.145. The third-order valence-electron chi connectivity index (χ3n) is 4.69. The Morgan fingerprint density at radius 1 is 1.41 bits per heavy atom. The highest BCUT2D eigenvalue weighted by atomic mass is 35.5.